The number of pyridine rings is 1. The number of sulfonamides is 1. The van der Waals surface area contributed by atoms with Crippen LogP contribution in [0.5, 0.6) is 17.2 Å². The molecule has 0 amide bonds. The van der Waals surface area contributed by atoms with E-state index in [-0.39, 0.29) is 12.4 Å². The van der Waals surface area contributed by atoms with E-state index in [4.69, 9.17) is 20.8 Å². The van der Waals surface area contributed by atoms with Crippen LogP contribution in [0, 0.1) is 13.5 Å². The minimum absolute atomic E-state index is 0.0693. The summed E-state index contributed by atoms with van der Waals surface area (Å²) >= 11 is 0. The van der Waals surface area contributed by atoms with Crippen molar-refractivity contribution in [1.29, 1.82) is 0 Å². The van der Waals surface area contributed by atoms with Gasteiger partial charge in [0.15, 0.2) is 11.5 Å². The van der Waals surface area contributed by atoms with Gasteiger partial charge in [0.05, 0.1) is 25.1 Å². The number of hydrogen-bond donors (Lipinski definition) is 1. The summed E-state index contributed by atoms with van der Waals surface area (Å²) < 4.78 is 44.0. The molecule has 10 nitrogen and oxygen atoms in total. The molecular formula is C39H38N4O6S. The second kappa shape index (κ2) is 16.6. The third-order valence-electron chi connectivity index (χ3n) is 7.77. The number of nitrogens with zero attached hydrogens (tertiary/aromatic N) is 3. The van der Waals surface area contributed by atoms with Crippen LogP contribution in [0.2, 0.25) is 0 Å². The van der Waals surface area contributed by atoms with Crippen LogP contribution >= 0.6 is 0 Å². The minimum atomic E-state index is -3.47. The van der Waals surface area contributed by atoms with Crippen molar-refractivity contribution in [2.45, 2.75) is 26.4 Å². The number of methoxy groups -OCH3 is 1. The van der Waals surface area contributed by atoms with Crippen LogP contribution in [0.1, 0.15) is 32.6 Å². The number of ether oxygens (including phenoxy) is 3. The highest BCUT2D eigenvalue weighted by molar-refractivity contribution is 7.92. The van der Waals surface area contributed by atoms with Crippen LogP contribution in [0.15, 0.2) is 109 Å². The van der Waals surface area contributed by atoms with E-state index in [9.17, 15) is 13.2 Å². The van der Waals surface area contributed by atoms with E-state index < -0.39 is 10.0 Å². The fourth-order valence-corrected chi connectivity index (χ4v) is 5.96. The lowest BCUT2D eigenvalue weighted by atomic mass is 10.1. The lowest BCUT2D eigenvalue weighted by Crippen LogP contribution is -2.23. The van der Waals surface area contributed by atoms with Gasteiger partial charge in [0.2, 0.25) is 10.0 Å². The topological polar surface area (TPSA) is 111 Å². The largest absolute Gasteiger partial charge is 0.493 e. The van der Waals surface area contributed by atoms with Crippen molar-refractivity contribution in [3.05, 3.63) is 149 Å². The molecule has 1 aromatic heterocycles. The van der Waals surface area contributed by atoms with E-state index in [1.165, 1.54) is 7.11 Å². The van der Waals surface area contributed by atoms with Gasteiger partial charge in [0.25, 0.3) is 0 Å². The van der Waals surface area contributed by atoms with Crippen molar-refractivity contribution in [2.75, 3.05) is 36.2 Å². The van der Waals surface area contributed by atoms with Crippen LogP contribution in [-0.2, 0) is 34.3 Å². The fraction of sp³-hybridized carbons (Fsp3) is 0.205. The van der Waals surface area contributed by atoms with E-state index in [2.05, 4.69) is 19.5 Å². The normalized spacial score (nSPS) is 11.0. The summed E-state index contributed by atoms with van der Waals surface area (Å²) in [7, 11) is -2.00. The van der Waals surface area contributed by atoms with E-state index in [1.54, 1.807) is 48.8 Å². The van der Waals surface area contributed by atoms with Gasteiger partial charge in [-0.3, -0.25) is 14.5 Å². The Morgan fingerprint density at radius 1 is 0.880 bits per heavy atom. The molecule has 1 N–H and O–H groups in total. The van der Waals surface area contributed by atoms with Crippen LogP contribution < -0.4 is 19.1 Å². The van der Waals surface area contributed by atoms with Crippen LogP contribution in [-0.4, -0.2) is 45.8 Å². The summed E-state index contributed by atoms with van der Waals surface area (Å²) in [6.07, 6.45) is 5.30. The molecule has 0 spiro atoms. The number of benzene rings is 4. The molecule has 0 unspecified atom stereocenters. The second-order valence-electron chi connectivity index (χ2n) is 11.7. The molecule has 5 aromatic rings. The molecule has 256 valence electrons. The predicted octanol–water partition coefficient (Wildman–Crippen LogP) is 7.76. The maximum Gasteiger partial charge on any atom is 0.229 e. The maximum atomic E-state index is 12.7. The van der Waals surface area contributed by atoms with Gasteiger partial charge in [-0.15, -0.1) is 0 Å². The van der Waals surface area contributed by atoms with E-state index in [0.29, 0.717) is 60.3 Å². The first kappa shape index (κ1) is 35.6. The third-order valence-corrected chi connectivity index (χ3v) is 8.36. The lowest BCUT2D eigenvalue weighted by Gasteiger charge is -2.28. The summed E-state index contributed by atoms with van der Waals surface area (Å²) in [5.74, 6) is 1.33. The quantitative estimate of drug-likeness (QED) is 0.0826. The minimum Gasteiger partial charge on any atom is -0.493 e. The van der Waals surface area contributed by atoms with Gasteiger partial charge in [-0.25, -0.2) is 13.3 Å². The van der Waals surface area contributed by atoms with Crippen molar-refractivity contribution >= 4 is 32.9 Å². The Morgan fingerprint density at radius 3 is 2.22 bits per heavy atom. The standard InChI is InChI=1S/C39H38N4O6S/c1-28-37(42-50(4,45)46)8-5-9-38(28)43(25-30-10-14-33(40-2)15-11-30)26-31-12-16-34(17-13-31)49-36-22-32(39(44)27-47-3)21-35(23-36)48-20-18-29-7-6-19-41-24-29/h5-17,19,21-24,42H,18,20,25-27H2,1,3-4H3. The van der Waals surface area contributed by atoms with E-state index in [1.807, 2.05) is 67.6 Å². The number of Topliss-reactive ketones (excluding diaryl/α,β-unsaturated/α-hetero) is 1. The summed E-state index contributed by atoms with van der Waals surface area (Å²) in [6, 6.07) is 29.6. The van der Waals surface area contributed by atoms with Crippen molar-refractivity contribution in [3.63, 3.8) is 0 Å². The van der Waals surface area contributed by atoms with Crippen LogP contribution in [0.3, 0.4) is 0 Å². The van der Waals surface area contributed by atoms with Gasteiger partial charge in [-0.2, -0.15) is 0 Å². The zero-order chi connectivity index (χ0) is 35.5. The Labute approximate surface area is 293 Å². The van der Waals surface area contributed by atoms with Gasteiger partial charge < -0.3 is 19.1 Å². The molecular weight excluding hydrogens is 653 g/mol. The average Bonchev–Trinajstić information content (AvgIpc) is 3.10. The third kappa shape index (κ3) is 10.2. The number of hydrogen-bond acceptors (Lipinski definition) is 8. The Morgan fingerprint density at radius 2 is 1.58 bits per heavy atom. The molecule has 0 saturated carbocycles. The highest BCUT2D eigenvalue weighted by atomic mass is 32.2. The molecule has 11 heteroatoms. The molecule has 1 heterocycles. The Kier molecular flexibility index (Phi) is 11.8. The summed E-state index contributed by atoms with van der Waals surface area (Å²) in [5.41, 5.74) is 6.16. The second-order valence-corrected chi connectivity index (χ2v) is 13.5. The van der Waals surface area contributed by atoms with Gasteiger partial charge in [0.1, 0.15) is 23.9 Å². The SMILES string of the molecule is [C-]#[N+]c1ccc(CN(Cc2ccc(Oc3cc(OCCc4cccnc4)cc(C(=O)COC)c3)cc2)c2cccc(NS(C)(=O)=O)c2C)cc1. The van der Waals surface area contributed by atoms with Gasteiger partial charge in [-0.05, 0) is 71.6 Å². The Bertz CT molecular complexity index is 2060. The molecule has 50 heavy (non-hydrogen) atoms. The van der Waals surface area contributed by atoms with E-state index in [0.717, 1.165) is 34.2 Å². The first-order valence-corrected chi connectivity index (χ1v) is 17.7. The monoisotopic (exact) mass is 690 g/mol. The summed E-state index contributed by atoms with van der Waals surface area (Å²) in [5, 5.41) is 0. The van der Waals surface area contributed by atoms with Crippen LogP contribution in [0.4, 0.5) is 17.1 Å². The zero-order valence-corrected chi connectivity index (χ0v) is 28.9. The number of carbonyl (C=O) groups excluding carboxylic acids is 1. The maximum absolute atomic E-state index is 12.7. The predicted molar refractivity (Wildman–Crippen MR) is 195 cm³/mol. The highest BCUT2D eigenvalue weighted by Gasteiger charge is 2.16. The molecule has 0 fully saturated rings. The number of rotatable bonds is 16. The molecule has 0 aliphatic carbocycles. The number of ketones is 1. The molecule has 0 aliphatic rings. The van der Waals surface area contributed by atoms with Crippen molar-refractivity contribution in [2.24, 2.45) is 0 Å². The van der Waals surface area contributed by atoms with Crippen molar-refractivity contribution in [1.82, 2.24) is 4.98 Å². The van der Waals surface area contributed by atoms with Gasteiger partial charge in [0, 0.05) is 56.3 Å². The number of nitrogens with one attached hydrogen (secondary N) is 1. The van der Waals surface area contributed by atoms with Crippen molar-refractivity contribution < 1.29 is 27.4 Å². The highest BCUT2D eigenvalue weighted by Crippen LogP contribution is 2.32. The Balaban J connectivity index is 1.36. The molecule has 0 bridgehead atoms. The number of aromatic nitrogens is 1. The first-order valence-electron chi connectivity index (χ1n) is 15.8. The van der Waals surface area contributed by atoms with Gasteiger partial charge >= 0.3 is 0 Å². The lowest BCUT2D eigenvalue weighted by molar-refractivity contribution is 0.0847. The van der Waals surface area contributed by atoms with Crippen molar-refractivity contribution in [3.8, 4) is 17.2 Å². The average molecular weight is 691 g/mol. The molecule has 0 saturated heterocycles. The van der Waals surface area contributed by atoms with Gasteiger partial charge in [-0.1, -0.05) is 48.5 Å². The molecule has 4 aromatic carbocycles. The number of anilines is 2. The molecule has 5 rings (SSSR count). The first-order chi connectivity index (χ1) is 24.1. The molecule has 0 radical (unpaired) electrons. The smallest absolute Gasteiger partial charge is 0.229 e. The zero-order valence-electron chi connectivity index (χ0n) is 28.1. The summed E-state index contributed by atoms with van der Waals surface area (Å²) in [6.45, 7) is 10.5. The summed E-state index contributed by atoms with van der Waals surface area (Å²) in [4.78, 5) is 22.5. The number of carbonyl (C=O) groups is 1. The molecule has 0 aliphatic heterocycles. The fourth-order valence-electron chi connectivity index (χ4n) is 5.34. The Hall–Kier alpha value is -5.70. The van der Waals surface area contributed by atoms with E-state index >= 15 is 0 Å². The van der Waals surface area contributed by atoms with Crippen LogP contribution in [0.25, 0.3) is 4.85 Å². The molecule has 0 atom stereocenters.